The summed E-state index contributed by atoms with van der Waals surface area (Å²) >= 11 is 0. The molecule has 0 spiro atoms. The Morgan fingerprint density at radius 1 is 0.917 bits per heavy atom. The Labute approximate surface area is 209 Å². The second-order valence-corrected chi connectivity index (χ2v) is 8.35. The van der Waals surface area contributed by atoms with Crippen molar-refractivity contribution in [2.24, 2.45) is 5.92 Å². The third-order valence-electron chi connectivity index (χ3n) is 5.82. The molecule has 0 bridgehead atoms. The lowest BCUT2D eigenvalue weighted by Crippen LogP contribution is -2.35. The van der Waals surface area contributed by atoms with Gasteiger partial charge < -0.3 is 19.7 Å². The van der Waals surface area contributed by atoms with Crippen LogP contribution in [0.3, 0.4) is 0 Å². The lowest BCUT2D eigenvalue weighted by Gasteiger charge is -2.31. The summed E-state index contributed by atoms with van der Waals surface area (Å²) in [5.74, 6) is -1.57. The van der Waals surface area contributed by atoms with Crippen LogP contribution in [0.1, 0.15) is 31.7 Å². The summed E-state index contributed by atoms with van der Waals surface area (Å²) in [4.78, 5) is 45.7. The van der Waals surface area contributed by atoms with Crippen molar-refractivity contribution in [1.82, 2.24) is 15.3 Å². The molecule has 0 amide bonds. The second-order valence-electron chi connectivity index (χ2n) is 8.35. The normalized spacial score (nSPS) is 16.1. The predicted octanol–water partition coefficient (Wildman–Crippen LogP) is 3.35. The highest BCUT2D eigenvalue weighted by Crippen LogP contribution is 2.38. The Bertz CT molecular complexity index is 1100. The number of aromatic nitrogens is 2. The van der Waals surface area contributed by atoms with Crippen LogP contribution in [0.25, 0.3) is 0 Å². The Kier molecular flexibility index (Phi) is 8.46. The van der Waals surface area contributed by atoms with E-state index in [1.807, 2.05) is 42.5 Å². The molecule has 2 aliphatic rings. The van der Waals surface area contributed by atoms with Gasteiger partial charge in [-0.2, -0.15) is 4.89 Å². The van der Waals surface area contributed by atoms with E-state index in [0.717, 1.165) is 11.4 Å². The maximum Gasteiger partial charge on any atom is 0.336 e. The number of hydrogen-bond acceptors (Lipinski definition) is 9. The third kappa shape index (κ3) is 6.17. The third-order valence-corrected chi connectivity index (χ3v) is 5.82. The average Bonchev–Trinajstić information content (AvgIpc) is 2.90. The van der Waals surface area contributed by atoms with E-state index in [2.05, 4.69) is 15.3 Å². The minimum Gasteiger partial charge on any atom is -0.462 e. The van der Waals surface area contributed by atoms with Gasteiger partial charge in [-0.3, -0.25) is 9.97 Å². The van der Waals surface area contributed by atoms with E-state index in [0.29, 0.717) is 43.0 Å². The van der Waals surface area contributed by atoms with Crippen LogP contribution in [0, 0.1) is 5.92 Å². The molecule has 1 N–H and O–H groups in total. The van der Waals surface area contributed by atoms with Crippen molar-refractivity contribution in [1.29, 1.82) is 0 Å². The van der Waals surface area contributed by atoms with Crippen molar-refractivity contribution in [3.63, 3.8) is 0 Å². The fourth-order valence-corrected chi connectivity index (χ4v) is 4.12. The molecule has 36 heavy (non-hydrogen) atoms. The quantitative estimate of drug-likeness (QED) is 0.417. The molecule has 4 heterocycles. The molecule has 0 saturated heterocycles. The molecule has 0 atom stereocenters. The molecule has 188 valence electrons. The standard InChI is InChI=1S/C27H29N3O6/c1-18-23(26(31)33-16-11-20-8-3-5-13-28-20)25(22-10-7-15-35-36-22)24(19(2)30-18)27(32)34-17-12-21-9-4-6-14-29-21/h3-6,8-10,13-14,25,30H,7,11-12,15-17H2,1-2H3. The van der Waals surface area contributed by atoms with Crippen LogP contribution >= 0.6 is 0 Å². The van der Waals surface area contributed by atoms with Gasteiger partial charge in [-0.15, -0.1) is 0 Å². The Morgan fingerprint density at radius 2 is 1.47 bits per heavy atom. The number of nitrogens with one attached hydrogen (secondary N) is 1. The zero-order chi connectivity index (χ0) is 25.3. The minimum atomic E-state index is -0.823. The maximum atomic E-state index is 13.3. The first-order valence-corrected chi connectivity index (χ1v) is 11.9. The fraction of sp³-hybridized carbons (Fsp3) is 0.333. The van der Waals surface area contributed by atoms with Crippen molar-refractivity contribution in [2.75, 3.05) is 19.8 Å². The number of ether oxygens (including phenoxy) is 2. The van der Waals surface area contributed by atoms with E-state index >= 15 is 0 Å². The number of pyridine rings is 2. The van der Waals surface area contributed by atoms with Crippen LogP contribution < -0.4 is 5.32 Å². The smallest absolute Gasteiger partial charge is 0.336 e. The molecule has 0 fully saturated rings. The maximum absolute atomic E-state index is 13.3. The topological polar surface area (TPSA) is 109 Å². The van der Waals surface area contributed by atoms with Gasteiger partial charge in [0.2, 0.25) is 0 Å². The van der Waals surface area contributed by atoms with Crippen molar-refractivity contribution < 1.29 is 28.8 Å². The summed E-state index contributed by atoms with van der Waals surface area (Å²) in [5.41, 5.74) is 3.31. The van der Waals surface area contributed by atoms with Crippen LogP contribution in [0.5, 0.6) is 0 Å². The first-order valence-electron chi connectivity index (χ1n) is 11.9. The average molecular weight is 492 g/mol. The molecule has 0 radical (unpaired) electrons. The molecule has 0 aliphatic carbocycles. The fourth-order valence-electron chi connectivity index (χ4n) is 4.12. The minimum absolute atomic E-state index is 0.141. The van der Waals surface area contributed by atoms with Crippen LogP contribution in [0.4, 0.5) is 0 Å². The molecule has 2 aromatic rings. The highest BCUT2D eigenvalue weighted by molar-refractivity contribution is 5.98. The monoisotopic (exact) mass is 491 g/mol. The highest BCUT2D eigenvalue weighted by Gasteiger charge is 2.41. The summed E-state index contributed by atoms with van der Waals surface area (Å²) in [7, 11) is 0. The number of nitrogens with zero attached hydrogens (tertiary/aromatic N) is 2. The summed E-state index contributed by atoms with van der Waals surface area (Å²) in [6, 6.07) is 11.1. The zero-order valence-corrected chi connectivity index (χ0v) is 20.4. The zero-order valence-electron chi connectivity index (χ0n) is 20.4. The van der Waals surface area contributed by atoms with Crippen molar-refractivity contribution in [3.8, 4) is 0 Å². The Morgan fingerprint density at radius 3 is 1.92 bits per heavy atom. The molecule has 2 aromatic heterocycles. The van der Waals surface area contributed by atoms with E-state index < -0.39 is 17.9 Å². The predicted molar refractivity (Wildman–Crippen MR) is 130 cm³/mol. The Balaban J connectivity index is 1.51. The number of rotatable bonds is 9. The second kappa shape index (κ2) is 12.1. The van der Waals surface area contributed by atoms with Gasteiger partial charge in [0.25, 0.3) is 0 Å². The van der Waals surface area contributed by atoms with Gasteiger partial charge in [-0.05, 0) is 50.6 Å². The first kappa shape index (κ1) is 25.1. The summed E-state index contributed by atoms with van der Waals surface area (Å²) in [6.07, 6.45) is 6.73. The molecule has 0 aromatic carbocycles. The van der Waals surface area contributed by atoms with Gasteiger partial charge in [0, 0.05) is 48.0 Å². The number of allylic oxidation sites excluding steroid dienone is 3. The number of dihydropyridines is 1. The number of hydrogen-bond donors (Lipinski definition) is 1. The van der Waals surface area contributed by atoms with Gasteiger partial charge >= 0.3 is 11.9 Å². The number of esters is 2. The van der Waals surface area contributed by atoms with E-state index in [1.54, 1.807) is 26.2 Å². The molecular weight excluding hydrogens is 462 g/mol. The van der Waals surface area contributed by atoms with Crippen LogP contribution in [-0.4, -0.2) is 41.7 Å². The molecule has 9 nitrogen and oxygen atoms in total. The summed E-state index contributed by atoms with van der Waals surface area (Å²) < 4.78 is 11.2. The van der Waals surface area contributed by atoms with Crippen molar-refractivity contribution in [2.45, 2.75) is 33.1 Å². The van der Waals surface area contributed by atoms with Gasteiger partial charge in [-0.25, -0.2) is 9.59 Å². The van der Waals surface area contributed by atoms with E-state index in [4.69, 9.17) is 19.2 Å². The summed E-state index contributed by atoms with van der Waals surface area (Å²) in [6.45, 7) is 4.19. The largest absolute Gasteiger partial charge is 0.462 e. The molecule has 0 unspecified atom stereocenters. The first-order chi connectivity index (χ1) is 17.5. The van der Waals surface area contributed by atoms with Crippen LogP contribution in [0.2, 0.25) is 0 Å². The lowest BCUT2D eigenvalue weighted by atomic mass is 9.83. The number of carbonyl (C=O) groups is 2. The molecule has 0 saturated carbocycles. The molecule has 2 aliphatic heterocycles. The molecule has 9 heteroatoms. The Hall–Kier alpha value is -3.98. The van der Waals surface area contributed by atoms with Gasteiger partial charge in [0.1, 0.15) is 0 Å². The van der Waals surface area contributed by atoms with Crippen LogP contribution in [0.15, 0.2) is 83.2 Å². The van der Waals surface area contributed by atoms with Gasteiger partial charge in [0.15, 0.2) is 5.76 Å². The van der Waals surface area contributed by atoms with Crippen molar-refractivity contribution in [3.05, 3.63) is 94.6 Å². The number of carbonyl (C=O) groups excluding carboxylic acids is 2. The van der Waals surface area contributed by atoms with E-state index in [9.17, 15) is 9.59 Å². The lowest BCUT2D eigenvalue weighted by molar-refractivity contribution is -0.273. The van der Waals surface area contributed by atoms with Gasteiger partial charge in [0.05, 0.1) is 36.9 Å². The van der Waals surface area contributed by atoms with Crippen LogP contribution in [-0.2, 0) is 41.7 Å². The summed E-state index contributed by atoms with van der Waals surface area (Å²) in [5, 5.41) is 3.14. The van der Waals surface area contributed by atoms with E-state index in [1.165, 1.54) is 0 Å². The van der Waals surface area contributed by atoms with E-state index in [-0.39, 0.29) is 24.4 Å². The van der Waals surface area contributed by atoms with Gasteiger partial charge in [-0.1, -0.05) is 12.1 Å². The highest BCUT2D eigenvalue weighted by atomic mass is 17.2. The van der Waals surface area contributed by atoms with Crippen molar-refractivity contribution >= 4 is 11.9 Å². The molecule has 4 rings (SSSR count). The molecular formula is C27H29N3O6. The SMILES string of the molecule is CC1=C(C(=O)OCCc2ccccn2)C(C2=CCCOO2)C(C(=O)OCCc2ccccn2)=C(C)N1.